The van der Waals surface area contributed by atoms with Gasteiger partial charge in [-0.2, -0.15) is 0 Å². The first-order valence-corrected chi connectivity index (χ1v) is 10.9. The molecule has 0 fully saturated rings. The highest BCUT2D eigenvalue weighted by Crippen LogP contribution is 2.33. The van der Waals surface area contributed by atoms with Crippen LogP contribution in [-0.2, 0) is 22.6 Å². The van der Waals surface area contributed by atoms with Gasteiger partial charge >= 0.3 is 0 Å². The van der Waals surface area contributed by atoms with Gasteiger partial charge in [-0.15, -0.1) is 10.2 Å². The lowest BCUT2D eigenvalue weighted by atomic mass is 10.2. The highest BCUT2D eigenvalue weighted by Gasteiger charge is 2.22. The second-order valence-corrected chi connectivity index (χ2v) is 9.39. The number of nitrogens with two attached hydrogens (primary N) is 1. The Morgan fingerprint density at radius 1 is 1.14 bits per heavy atom. The molecule has 2 rings (SSSR count). The van der Waals surface area contributed by atoms with Gasteiger partial charge in [-0.1, -0.05) is 60.4 Å². The number of benzene rings is 1. The number of rotatable bonds is 9. The molecular formula is C18H22Cl3N5O2S. The Morgan fingerprint density at radius 3 is 2.41 bits per heavy atom. The summed E-state index contributed by atoms with van der Waals surface area (Å²) in [5.41, 5.74) is 5.62. The van der Waals surface area contributed by atoms with E-state index in [0.29, 0.717) is 50.6 Å². The predicted octanol–water partition coefficient (Wildman–Crippen LogP) is 4.43. The molecule has 29 heavy (non-hydrogen) atoms. The summed E-state index contributed by atoms with van der Waals surface area (Å²) in [6, 6.07) is 2.98. The van der Waals surface area contributed by atoms with Gasteiger partial charge in [0.25, 0.3) is 0 Å². The van der Waals surface area contributed by atoms with Crippen molar-refractivity contribution in [3.8, 4) is 0 Å². The molecule has 1 unspecified atom stereocenters. The lowest BCUT2D eigenvalue weighted by molar-refractivity contribution is -0.118. The van der Waals surface area contributed by atoms with Gasteiger partial charge < -0.3 is 15.6 Å². The molecule has 2 amide bonds. The van der Waals surface area contributed by atoms with Gasteiger partial charge in [0.15, 0.2) is 5.16 Å². The molecule has 1 aromatic carbocycles. The van der Waals surface area contributed by atoms with Crippen molar-refractivity contribution in [2.24, 2.45) is 11.7 Å². The van der Waals surface area contributed by atoms with Crippen LogP contribution >= 0.6 is 46.6 Å². The van der Waals surface area contributed by atoms with E-state index in [0.717, 1.165) is 0 Å². The van der Waals surface area contributed by atoms with Crippen molar-refractivity contribution in [2.45, 2.75) is 50.6 Å². The highest BCUT2D eigenvalue weighted by atomic mass is 35.5. The van der Waals surface area contributed by atoms with Crippen molar-refractivity contribution in [3.05, 3.63) is 33.0 Å². The van der Waals surface area contributed by atoms with E-state index < -0.39 is 11.2 Å². The Morgan fingerprint density at radius 2 is 1.79 bits per heavy atom. The van der Waals surface area contributed by atoms with Crippen LogP contribution in [0.4, 0.5) is 5.69 Å². The van der Waals surface area contributed by atoms with E-state index in [1.165, 1.54) is 23.9 Å². The molecule has 0 aliphatic heterocycles. The third-order valence-electron chi connectivity index (χ3n) is 3.86. The molecule has 1 aromatic heterocycles. The van der Waals surface area contributed by atoms with E-state index in [4.69, 9.17) is 40.5 Å². The van der Waals surface area contributed by atoms with Crippen molar-refractivity contribution in [1.29, 1.82) is 0 Å². The molecule has 0 bridgehead atoms. The molecule has 1 heterocycles. The molecule has 3 N–H and O–H groups in total. The van der Waals surface area contributed by atoms with Crippen LogP contribution in [0.25, 0.3) is 0 Å². The Kier molecular flexibility index (Phi) is 8.63. The van der Waals surface area contributed by atoms with Crippen LogP contribution in [0.5, 0.6) is 0 Å². The molecule has 1 atom stereocenters. The largest absolute Gasteiger partial charge is 0.370 e. The molecule has 2 aromatic rings. The average Bonchev–Trinajstić information content (AvgIpc) is 2.98. The van der Waals surface area contributed by atoms with Crippen molar-refractivity contribution < 1.29 is 9.59 Å². The van der Waals surface area contributed by atoms with Gasteiger partial charge in [0.05, 0.1) is 26.0 Å². The van der Waals surface area contributed by atoms with Gasteiger partial charge in [0.1, 0.15) is 5.82 Å². The first-order chi connectivity index (χ1) is 13.6. The van der Waals surface area contributed by atoms with E-state index >= 15 is 0 Å². The standard InChI is InChI=1S/C18H22Cl3N5O2S/c1-9(2)8-26-16(5-4-15(22)27)24-25-18(26)29-10(3)17(28)23-14-7-12(20)11(19)6-13(14)21/h6-7,9-10H,4-5,8H2,1-3H3,(H2,22,27)(H,23,28). The number of carbonyl (C=O) groups excluding carboxylic acids is 2. The van der Waals surface area contributed by atoms with Crippen LogP contribution in [-0.4, -0.2) is 31.8 Å². The molecule has 0 spiro atoms. The quantitative estimate of drug-likeness (QED) is 0.410. The Balaban J connectivity index is 2.14. The summed E-state index contributed by atoms with van der Waals surface area (Å²) in [6.45, 7) is 6.54. The molecule has 11 heteroatoms. The third kappa shape index (κ3) is 6.77. The molecule has 158 valence electrons. The maximum absolute atomic E-state index is 12.6. The maximum atomic E-state index is 12.6. The summed E-state index contributed by atoms with van der Waals surface area (Å²) < 4.78 is 1.92. The molecule has 0 saturated heterocycles. The summed E-state index contributed by atoms with van der Waals surface area (Å²) in [5.74, 6) is 0.328. The van der Waals surface area contributed by atoms with Crippen LogP contribution < -0.4 is 11.1 Å². The maximum Gasteiger partial charge on any atom is 0.237 e. The molecule has 0 aliphatic rings. The Bertz CT molecular complexity index is 904. The number of anilines is 1. The number of nitrogens with zero attached hydrogens (tertiary/aromatic N) is 3. The number of hydrogen-bond acceptors (Lipinski definition) is 5. The molecular weight excluding hydrogens is 457 g/mol. The van der Waals surface area contributed by atoms with E-state index in [9.17, 15) is 9.59 Å². The number of aryl methyl sites for hydroxylation is 1. The summed E-state index contributed by atoms with van der Waals surface area (Å²) in [7, 11) is 0. The summed E-state index contributed by atoms with van der Waals surface area (Å²) in [6.07, 6.45) is 0.585. The molecule has 0 saturated carbocycles. The number of carbonyl (C=O) groups is 2. The second-order valence-electron chi connectivity index (χ2n) is 6.87. The van der Waals surface area contributed by atoms with Gasteiger partial charge in [0, 0.05) is 19.4 Å². The smallest absolute Gasteiger partial charge is 0.237 e. The zero-order chi connectivity index (χ0) is 21.7. The lowest BCUT2D eigenvalue weighted by Gasteiger charge is -2.15. The minimum absolute atomic E-state index is 0.187. The van der Waals surface area contributed by atoms with Crippen molar-refractivity contribution >= 4 is 64.1 Å². The van der Waals surface area contributed by atoms with Crippen LogP contribution in [0.2, 0.25) is 15.1 Å². The number of aromatic nitrogens is 3. The molecule has 0 aliphatic carbocycles. The zero-order valence-corrected chi connectivity index (χ0v) is 19.3. The number of thioether (sulfide) groups is 1. The van der Waals surface area contributed by atoms with E-state index in [2.05, 4.69) is 29.4 Å². The fourth-order valence-electron chi connectivity index (χ4n) is 2.44. The van der Waals surface area contributed by atoms with Crippen LogP contribution in [0.1, 0.15) is 33.0 Å². The zero-order valence-electron chi connectivity index (χ0n) is 16.2. The van der Waals surface area contributed by atoms with E-state index in [1.807, 2.05) is 4.57 Å². The molecule has 0 radical (unpaired) electrons. The first kappa shape index (κ1) is 23.8. The van der Waals surface area contributed by atoms with Crippen molar-refractivity contribution in [3.63, 3.8) is 0 Å². The van der Waals surface area contributed by atoms with Gasteiger partial charge in [-0.25, -0.2) is 0 Å². The Labute approximate surface area is 188 Å². The van der Waals surface area contributed by atoms with E-state index in [1.54, 1.807) is 6.92 Å². The summed E-state index contributed by atoms with van der Waals surface area (Å²) >= 11 is 19.3. The summed E-state index contributed by atoms with van der Waals surface area (Å²) in [5, 5.41) is 12.1. The van der Waals surface area contributed by atoms with Crippen LogP contribution in [0.3, 0.4) is 0 Å². The van der Waals surface area contributed by atoms with E-state index in [-0.39, 0.29) is 12.3 Å². The number of halogens is 3. The van der Waals surface area contributed by atoms with Crippen LogP contribution in [0, 0.1) is 5.92 Å². The van der Waals surface area contributed by atoms with Gasteiger partial charge in [-0.05, 0) is 25.0 Å². The average molecular weight is 479 g/mol. The number of nitrogens with one attached hydrogen (secondary N) is 1. The van der Waals surface area contributed by atoms with Crippen LogP contribution in [0.15, 0.2) is 17.3 Å². The number of primary amides is 1. The van der Waals surface area contributed by atoms with Crippen molar-refractivity contribution in [2.75, 3.05) is 5.32 Å². The topological polar surface area (TPSA) is 103 Å². The first-order valence-electron chi connectivity index (χ1n) is 8.91. The number of hydrogen-bond donors (Lipinski definition) is 2. The lowest BCUT2D eigenvalue weighted by Crippen LogP contribution is -2.23. The minimum atomic E-state index is -0.486. The SMILES string of the molecule is CC(C)Cn1c(CCC(N)=O)nnc1SC(C)C(=O)Nc1cc(Cl)c(Cl)cc1Cl. The minimum Gasteiger partial charge on any atom is -0.370 e. The van der Waals surface area contributed by atoms with Gasteiger partial charge in [0.2, 0.25) is 11.8 Å². The third-order valence-corrected chi connectivity index (χ3v) is 5.97. The predicted molar refractivity (Wildman–Crippen MR) is 118 cm³/mol. The second kappa shape index (κ2) is 10.5. The van der Waals surface area contributed by atoms with Crippen molar-refractivity contribution in [1.82, 2.24) is 14.8 Å². The fourth-order valence-corrected chi connectivity index (χ4v) is 3.91. The highest BCUT2D eigenvalue weighted by molar-refractivity contribution is 8.00. The fraction of sp³-hybridized carbons (Fsp3) is 0.444. The molecule has 7 nitrogen and oxygen atoms in total. The normalized spacial score (nSPS) is 12.2. The van der Waals surface area contributed by atoms with Gasteiger partial charge in [-0.3, -0.25) is 9.59 Å². The Hall–Kier alpha value is -1.48. The monoisotopic (exact) mass is 477 g/mol. The summed E-state index contributed by atoms with van der Waals surface area (Å²) in [4.78, 5) is 23.7. The number of amides is 2.